The maximum Gasteiger partial charge on any atom is 0.243 e. The van der Waals surface area contributed by atoms with E-state index in [9.17, 15) is 13.5 Å². The Morgan fingerprint density at radius 3 is 2.85 bits per heavy atom. The summed E-state index contributed by atoms with van der Waals surface area (Å²) in [5.74, 6) is 0.0170. The van der Waals surface area contributed by atoms with Crippen molar-refractivity contribution >= 4 is 31.6 Å². The number of piperidine rings is 1. The molecule has 0 aromatic heterocycles. The number of sulfonamides is 1. The van der Waals surface area contributed by atoms with Crippen LogP contribution in [0.3, 0.4) is 0 Å². The lowest BCUT2D eigenvalue weighted by Crippen LogP contribution is -2.41. The molecule has 0 bridgehead atoms. The first-order chi connectivity index (χ1) is 9.36. The monoisotopic (exact) mass is 362 g/mol. The molecule has 20 heavy (non-hydrogen) atoms. The second kappa shape index (κ2) is 6.01. The first kappa shape index (κ1) is 15.8. The van der Waals surface area contributed by atoms with Gasteiger partial charge in [-0.05, 0) is 43.4 Å². The van der Waals surface area contributed by atoms with Crippen molar-refractivity contribution in [3.63, 3.8) is 0 Å². The van der Waals surface area contributed by atoms with Crippen molar-refractivity contribution < 1.29 is 13.5 Å². The van der Waals surface area contributed by atoms with E-state index >= 15 is 0 Å². The Morgan fingerprint density at radius 1 is 1.50 bits per heavy atom. The van der Waals surface area contributed by atoms with Crippen LogP contribution in [0, 0.1) is 12.8 Å². The summed E-state index contributed by atoms with van der Waals surface area (Å²) in [5, 5.41) is 9.24. The second-order valence-electron chi connectivity index (χ2n) is 5.17. The number of hydrogen-bond donors (Lipinski definition) is 2. The molecule has 0 saturated carbocycles. The molecule has 112 valence electrons. The largest absolute Gasteiger partial charge is 0.398 e. The minimum atomic E-state index is -3.57. The van der Waals surface area contributed by atoms with Crippen molar-refractivity contribution in [1.82, 2.24) is 4.31 Å². The highest BCUT2D eigenvalue weighted by Crippen LogP contribution is 2.30. The number of nitrogen functional groups attached to an aromatic ring is 1. The Hall–Kier alpha value is -0.630. The van der Waals surface area contributed by atoms with Gasteiger partial charge in [-0.1, -0.05) is 15.9 Å². The van der Waals surface area contributed by atoms with Crippen LogP contribution in [-0.4, -0.2) is 37.5 Å². The Bertz CT molecular complexity index is 604. The highest BCUT2D eigenvalue weighted by molar-refractivity contribution is 9.10. The molecule has 0 aliphatic carbocycles. The lowest BCUT2D eigenvalue weighted by atomic mass is 10.0. The Labute approximate surface area is 128 Å². The van der Waals surface area contributed by atoms with Gasteiger partial charge in [0.15, 0.2) is 0 Å². The van der Waals surface area contributed by atoms with Crippen LogP contribution < -0.4 is 5.73 Å². The predicted molar refractivity (Wildman–Crippen MR) is 81.9 cm³/mol. The van der Waals surface area contributed by atoms with E-state index in [1.165, 1.54) is 4.31 Å². The van der Waals surface area contributed by atoms with Gasteiger partial charge in [-0.25, -0.2) is 8.42 Å². The number of aliphatic hydroxyl groups is 1. The van der Waals surface area contributed by atoms with E-state index in [4.69, 9.17) is 5.73 Å². The van der Waals surface area contributed by atoms with E-state index in [1.54, 1.807) is 19.1 Å². The number of nitrogens with two attached hydrogens (primary N) is 1. The number of benzene rings is 1. The average molecular weight is 363 g/mol. The molecule has 0 radical (unpaired) electrons. The standard InChI is InChI=1S/C13H19BrN2O3S/c1-9-12(15)5-11(14)6-13(9)20(18,19)16-4-2-3-10(7-16)8-17/h5-6,10,17H,2-4,7-8,15H2,1H3. The smallest absolute Gasteiger partial charge is 0.243 e. The lowest BCUT2D eigenvalue weighted by molar-refractivity contribution is 0.165. The van der Waals surface area contributed by atoms with Crippen molar-refractivity contribution in [2.75, 3.05) is 25.4 Å². The van der Waals surface area contributed by atoms with Crippen molar-refractivity contribution in [3.8, 4) is 0 Å². The van der Waals surface area contributed by atoms with E-state index in [2.05, 4.69) is 15.9 Å². The van der Waals surface area contributed by atoms with Gasteiger partial charge < -0.3 is 10.8 Å². The van der Waals surface area contributed by atoms with Crippen LogP contribution in [0.5, 0.6) is 0 Å². The normalized spacial score (nSPS) is 21.1. The molecule has 0 amide bonds. The zero-order valence-corrected chi connectivity index (χ0v) is 13.7. The fourth-order valence-corrected chi connectivity index (χ4v) is 4.94. The van der Waals surface area contributed by atoms with Crippen LogP contribution >= 0.6 is 15.9 Å². The summed E-state index contributed by atoms with van der Waals surface area (Å²) in [6, 6.07) is 3.28. The first-order valence-corrected chi connectivity index (χ1v) is 8.76. The Morgan fingerprint density at radius 2 is 2.20 bits per heavy atom. The van der Waals surface area contributed by atoms with Gasteiger partial charge in [-0.2, -0.15) is 4.31 Å². The van der Waals surface area contributed by atoms with Crippen LogP contribution in [0.15, 0.2) is 21.5 Å². The number of rotatable bonds is 3. The van der Waals surface area contributed by atoms with Crippen LogP contribution in [0.25, 0.3) is 0 Å². The predicted octanol–water partition coefficient (Wildman–Crippen LogP) is 1.73. The highest BCUT2D eigenvalue weighted by atomic mass is 79.9. The van der Waals surface area contributed by atoms with E-state index in [1.807, 2.05) is 0 Å². The molecule has 7 heteroatoms. The third-order valence-corrected chi connectivity index (χ3v) is 6.17. The summed E-state index contributed by atoms with van der Waals surface area (Å²) >= 11 is 3.29. The number of anilines is 1. The van der Waals surface area contributed by atoms with Crippen LogP contribution in [0.2, 0.25) is 0 Å². The quantitative estimate of drug-likeness (QED) is 0.802. The Balaban J connectivity index is 2.40. The van der Waals surface area contributed by atoms with Crippen LogP contribution in [-0.2, 0) is 10.0 Å². The van der Waals surface area contributed by atoms with Crippen molar-refractivity contribution in [1.29, 1.82) is 0 Å². The fourth-order valence-electron chi connectivity index (χ4n) is 2.48. The first-order valence-electron chi connectivity index (χ1n) is 6.53. The van der Waals surface area contributed by atoms with Crippen molar-refractivity contribution in [2.24, 2.45) is 5.92 Å². The summed E-state index contributed by atoms with van der Waals surface area (Å²) in [5.41, 5.74) is 6.87. The van der Waals surface area contributed by atoms with E-state index in [0.717, 1.165) is 12.8 Å². The van der Waals surface area contributed by atoms with Crippen molar-refractivity contribution in [2.45, 2.75) is 24.7 Å². The SMILES string of the molecule is Cc1c(N)cc(Br)cc1S(=O)(=O)N1CCCC(CO)C1. The van der Waals surface area contributed by atoms with E-state index in [0.29, 0.717) is 28.8 Å². The molecule has 1 unspecified atom stereocenters. The lowest BCUT2D eigenvalue weighted by Gasteiger charge is -2.31. The number of nitrogens with zero attached hydrogens (tertiary/aromatic N) is 1. The number of halogens is 1. The van der Waals surface area contributed by atoms with Gasteiger partial charge in [0, 0.05) is 29.9 Å². The van der Waals surface area contributed by atoms with Gasteiger partial charge in [-0.3, -0.25) is 0 Å². The van der Waals surface area contributed by atoms with E-state index < -0.39 is 10.0 Å². The van der Waals surface area contributed by atoms with Gasteiger partial charge >= 0.3 is 0 Å². The highest BCUT2D eigenvalue weighted by Gasteiger charge is 2.31. The third-order valence-electron chi connectivity index (χ3n) is 3.72. The zero-order chi connectivity index (χ0) is 14.9. The Kier molecular flexibility index (Phi) is 4.73. The summed E-state index contributed by atoms with van der Waals surface area (Å²) in [6.45, 7) is 2.59. The van der Waals surface area contributed by atoms with Crippen molar-refractivity contribution in [3.05, 3.63) is 22.2 Å². The fraction of sp³-hybridized carbons (Fsp3) is 0.538. The summed E-state index contributed by atoms with van der Waals surface area (Å²) < 4.78 is 27.6. The molecule has 3 N–H and O–H groups in total. The third kappa shape index (κ3) is 3.00. The van der Waals surface area contributed by atoms with Gasteiger partial charge in [0.1, 0.15) is 0 Å². The molecule has 2 rings (SSSR count). The minimum absolute atomic E-state index is 0.0170. The molecular weight excluding hydrogens is 344 g/mol. The molecule has 5 nitrogen and oxygen atoms in total. The average Bonchev–Trinajstić information content (AvgIpc) is 2.42. The molecule has 1 aromatic rings. The number of hydrogen-bond acceptors (Lipinski definition) is 4. The van der Waals surface area contributed by atoms with Crippen LogP contribution in [0.1, 0.15) is 18.4 Å². The molecule has 1 atom stereocenters. The second-order valence-corrected chi connectivity index (χ2v) is 7.99. The zero-order valence-electron chi connectivity index (χ0n) is 11.3. The summed E-state index contributed by atoms with van der Waals surface area (Å²) in [6.07, 6.45) is 1.63. The molecule has 1 aromatic carbocycles. The molecule has 1 aliphatic heterocycles. The topological polar surface area (TPSA) is 83.6 Å². The minimum Gasteiger partial charge on any atom is -0.398 e. The van der Waals surface area contributed by atoms with Gasteiger partial charge in [0.05, 0.1) is 4.90 Å². The molecule has 0 spiro atoms. The molecule has 1 heterocycles. The van der Waals surface area contributed by atoms with Gasteiger partial charge in [0.2, 0.25) is 10.0 Å². The van der Waals surface area contributed by atoms with Gasteiger partial charge in [-0.15, -0.1) is 0 Å². The molecule has 1 saturated heterocycles. The molecule has 1 aliphatic rings. The van der Waals surface area contributed by atoms with E-state index in [-0.39, 0.29) is 17.4 Å². The maximum atomic E-state index is 12.7. The summed E-state index contributed by atoms with van der Waals surface area (Å²) in [4.78, 5) is 0.239. The van der Waals surface area contributed by atoms with Gasteiger partial charge in [0.25, 0.3) is 0 Å². The molecular formula is C13H19BrN2O3S. The number of aliphatic hydroxyl groups excluding tert-OH is 1. The molecule has 1 fully saturated rings. The van der Waals surface area contributed by atoms with Crippen LogP contribution in [0.4, 0.5) is 5.69 Å². The maximum absolute atomic E-state index is 12.7. The summed E-state index contributed by atoms with van der Waals surface area (Å²) in [7, 11) is -3.57.